The summed E-state index contributed by atoms with van der Waals surface area (Å²) in [6, 6.07) is 0. The molecule has 3 heteroatoms. The van der Waals surface area contributed by atoms with Gasteiger partial charge >= 0.3 is 0 Å². The number of likely N-dealkylation sites (tertiary alicyclic amines) is 2. The smallest absolute Gasteiger partial charge is 0.00965 e. The largest absolute Gasteiger partial charge is 0.312 e. The number of nitrogens with zero attached hydrogens (tertiary/aromatic N) is 2. The van der Waals surface area contributed by atoms with Crippen molar-refractivity contribution in [3.8, 4) is 0 Å². The molecule has 2 rings (SSSR count). The second-order valence-electron chi connectivity index (χ2n) is 7.82. The van der Waals surface area contributed by atoms with Gasteiger partial charge in [0, 0.05) is 12.1 Å². The van der Waals surface area contributed by atoms with Crippen molar-refractivity contribution in [3.63, 3.8) is 0 Å². The van der Waals surface area contributed by atoms with Gasteiger partial charge in [-0.05, 0) is 98.1 Å². The SMILES string of the molecule is CC(C)(C)NCCCN1CCC(CN2CCCC2)CC1. The third kappa shape index (κ3) is 6.11. The monoisotopic (exact) mass is 281 g/mol. The van der Waals surface area contributed by atoms with Gasteiger partial charge in [0.1, 0.15) is 0 Å². The molecule has 0 aromatic carbocycles. The fourth-order valence-electron chi connectivity index (χ4n) is 3.49. The highest BCUT2D eigenvalue weighted by molar-refractivity contribution is 4.77. The number of piperidine rings is 1. The minimum Gasteiger partial charge on any atom is -0.312 e. The molecule has 2 aliphatic rings. The van der Waals surface area contributed by atoms with Crippen LogP contribution in [0.1, 0.15) is 52.9 Å². The summed E-state index contributed by atoms with van der Waals surface area (Å²) >= 11 is 0. The van der Waals surface area contributed by atoms with Crippen LogP contribution in [-0.2, 0) is 0 Å². The Kier molecular flexibility index (Phi) is 6.31. The van der Waals surface area contributed by atoms with E-state index < -0.39 is 0 Å². The molecule has 0 aliphatic carbocycles. The molecule has 0 bridgehead atoms. The predicted octanol–water partition coefficient (Wildman–Crippen LogP) is 2.57. The van der Waals surface area contributed by atoms with Crippen LogP contribution in [0.5, 0.6) is 0 Å². The van der Waals surface area contributed by atoms with E-state index in [4.69, 9.17) is 0 Å². The zero-order chi connectivity index (χ0) is 14.4. The van der Waals surface area contributed by atoms with Crippen LogP contribution in [0.3, 0.4) is 0 Å². The molecule has 118 valence electrons. The topological polar surface area (TPSA) is 18.5 Å². The Bertz CT molecular complexity index is 258. The van der Waals surface area contributed by atoms with Gasteiger partial charge in [-0.15, -0.1) is 0 Å². The van der Waals surface area contributed by atoms with Crippen LogP contribution in [0, 0.1) is 5.92 Å². The molecule has 20 heavy (non-hydrogen) atoms. The molecular formula is C17H35N3. The second-order valence-corrected chi connectivity index (χ2v) is 7.82. The molecule has 0 saturated carbocycles. The van der Waals surface area contributed by atoms with Gasteiger partial charge in [-0.25, -0.2) is 0 Å². The van der Waals surface area contributed by atoms with Gasteiger partial charge in [0.25, 0.3) is 0 Å². The summed E-state index contributed by atoms with van der Waals surface area (Å²) in [6.07, 6.45) is 6.99. The van der Waals surface area contributed by atoms with Crippen molar-refractivity contribution in [2.45, 2.75) is 58.4 Å². The van der Waals surface area contributed by atoms with E-state index in [1.54, 1.807) is 0 Å². The third-order valence-electron chi connectivity index (χ3n) is 4.73. The summed E-state index contributed by atoms with van der Waals surface area (Å²) in [5, 5.41) is 3.59. The second kappa shape index (κ2) is 7.77. The van der Waals surface area contributed by atoms with Crippen LogP contribution in [0.2, 0.25) is 0 Å². The number of rotatable bonds is 6. The lowest BCUT2D eigenvalue weighted by atomic mass is 9.96. The van der Waals surface area contributed by atoms with Gasteiger partial charge in [0.15, 0.2) is 0 Å². The molecule has 0 unspecified atom stereocenters. The Balaban J connectivity index is 1.52. The molecule has 0 spiro atoms. The molecule has 2 aliphatic heterocycles. The highest BCUT2D eigenvalue weighted by atomic mass is 15.2. The standard InChI is InChI=1S/C17H35N3/c1-17(2,3)18-9-6-12-19-13-7-16(8-14-19)15-20-10-4-5-11-20/h16,18H,4-15H2,1-3H3. The number of hydrogen-bond donors (Lipinski definition) is 1. The van der Waals surface area contributed by atoms with Gasteiger partial charge in [-0.1, -0.05) is 0 Å². The minimum atomic E-state index is 0.267. The first-order valence-corrected chi connectivity index (χ1v) is 8.73. The number of nitrogens with one attached hydrogen (secondary N) is 1. The first-order valence-electron chi connectivity index (χ1n) is 8.73. The molecule has 0 aromatic heterocycles. The van der Waals surface area contributed by atoms with E-state index in [9.17, 15) is 0 Å². The Morgan fingerprint density at radius 2 is 1.60 bits per heavy atom. The average molecular weight is 281 g/mol. The molecule has 3 nitrogen and oxygen atoms in total. The van der Waals surface area contributed by atoms with Crippen LogP contribution < -0.4 is 5.32 Å². The van der Waals surface area contributed by atoms with E-state index in [1.807, 2.05) is 0 Å². The normalized spacial score (nSPS) is 23.6. The molecule has 2 fully saturated rings. The minimum absolute atomic E-state index is 0.267. The predicted molar refractivity (Wildman–Crippen MR) is 87.2 cm³/mol. The van der Waals surface area contributed by atoms with Crippen molar-refractivity contribution >= 4 is 0 Å². The maximum Gasteiger partial charge on any atom is 0.00965 e. The maximum atomic E-state index is 3.59. The van der Waals surface area contributed by atoms with Crippen molar-refractivity contribution < 1.29 is 0 Å². The molecule has 0 amide bonds. The van der Waals surface area contributed by atoms with E-state index in [2.05, 4.69) is 35.9 Å². The molecular weight excluding hydrogens is 246 g/mol. The molecule has 1 N–H and O–H groups in total. The lowest BCUT2D eigenvalue weighted by Gasteiger charge is -2.34. The van der Waals surface area contributed by atoms with Gasteiger partial charge in [0.2, 0.25) is 0 Å². The summed E-state index contributed by atoms with van der Waals surface area (Å²) in [5.41, 5.74) is 0.267. The highest BCUT2D eigenvalue weighted by Gasteiger charge is 2.22. The zero-order valence-electron chi connectivity index (χ0n) is 14.0. The quantitative estimate of drug-likeness (QED) is 0.755. The van der Waals surface area contributed by atoms with Crippen LogP contribution in [0.4, 0.5) is 0 Å². The average Bonchev–Trinajstić information content (AvgIpc) is 2.88. The fraction of sp³-hybridized carbons (Fsp3) is 1.00. The Morgan fingerprint density at radius 1 is 0.950 bits per heavy atom. The fourth-order valence-corrected chi connectivity index (χ4v) is 3.49. The summed E-state index contributed by atoms with van der Waals surface area (Å²) < 4.78 is 0. The van der Waals surface area contributed by atoms with Crippen molar-refractivity contribution in [2.24, 2.45) is 5.92 Å². The summed E-state index contributed by atoms with van der Waals surface area (Å²) in [7, 11) is 0. The summed E-state index contributed by atoms with van der Waals surface area (Å²) in [6.45, 7) is 15.9. The van der Waals surface area contributed by atoms with Crippen molar-refractivity contribution in [2.75, 3.05) is 45.8 Å². The third-order valence-corrected chi connectivity index (χ3v) is 4.73. The first kappa shape index (κ1) is 16.3. The first-order chi connectivity index (χ1) is 9.53. The zero-order valence-corrected chi connectivity index (χ0v) is 14.0. The number of hydrogen-bond acceptors (Lipinski definition) is 3. The van der Waals surface area contributed by atoms with Crippen molar-refractivity contribution in [3.05, 3.63) is 0 Å². The van der Waals surface area contributed by atoms with E-state index in [0.29, 0.717) is 0 Å². The van der Waals surface area contributed by atoms with Gasteiger partial charge < -0.3 is 15.1 Å². The van der Waals surface area contributed by atoms with Gasteiger partial charge in [0.05, 0.1) is 0 Å². The lowest BCUT2D eigenvalue weighted by Crippen LogP contribution is -2.40. The van der Waals surface area contributed by atoms with Crippen LogP contribution in [0.15, 0.2) is 0 Å². The Hall–Kier alpha value is -0.120. The van der Waals surface area contributed by atoms with Crippen LogP contribution >= 0.6 is 0 Å². The Labute approximate surface area is 126 Å². The van der Waals surface area contributed by atoms with E-state index in [1.165, 1.54) is 71.4 Å². The van der Waals surface area contributed by atoms with E-state index in [0.717, 1.165) is 12.5 Å². The highest BCUT2D eigenvalue weighted by Crippen LogP contribution is 2.20. The van der Waals surface area contributed by atoms with Crippen molar-refractivity contribution in [1.29, 1.82) is 0 Å². The molecule has 2 saturated heterocycles. The maximum absolute atomic E-state index is 3.59. The summed E-state index contributed by atoms with van der Waals surface area (Å²) in [4.78, 5) is 5.36. The molecule has 2 heterocycles. The Morgan fingerprint density at radius 3 is 2.20 bits per heavy atom. The summed E-state index contributed by atoms with van der Waals surface area (Å²) in [5.74, 6) is 0.969. The lowest BCUT2D eigenvalue weighted by molar-refractivity contribution is 0.152. The van der Waals surface area contributed by atoms with Gasteiger partial charge in [-0.2, -0.15) is 0 Å². The molecule has 0 aromatic rings. The van der Waals surface area contributed by atoms with Crippen LogP contribution in [0.25, 0.3) is 0 Å². The van der Waals surface area contributed by atoms with Crippen molar-refractivity contribution in [1.82, 2.24) is 15.1 Å². The molecule has 0 radical (unpaired) electrons. The van der Waals surface area contributed by atoms with E-state index >= 15 is 0 Å². The molecule has 0 atom stereocenters. The van der Waals surface area contributed by atoms with E-state index in [-0.39, 0.29) is 5.54 Å². The van der Waals surface area contributed by atoms with Crippen LogP contribution in [-0.4, -0.2) is 61.2 Å². The van der Waals surface area contributed by atoms with Gasteiger partial charge in [-0.3, -0.25) is 0 Å².